The standard InChI is InChI=1S/C16H11BO2/c18-17-19-14-8-12-6-4-10-2-1-3-11-5-7-13(9-14)16(12)15(10)11/h1-9,17-18H. The molecule has 0 atom stereocenters. The monoisotopic (exact) mass is 246 g/mol. The van der Waals surface area contributed by atoms with Crippen LogP contribution in [0.4, 0.5) is 0 Å². The van der Waals surface area contributed by atoms with E-state index in [2.05, 4.69) is 42.5 Å². The summed E-state index contributed by atoms with van der Waals surface area (Å²) in [6.45, 7) is 0. The van der Waals surface area contributed by atoms with Crippen molar-refractivity contribution < 1.29 is 9.68 Å². The fourth-order valence-corrected chi connectivity index (χ4v) is 2.88. The molecule has 0 aliphatic carbocycles. The molecule has 0 heterocycles. The van der Waals surface area contributed by atoms with Crippen molar-refractivity contribution in [3.8, 4) is 5.75 Å². The minimum absolute atomic E-state index is 0.298. The Morgan fingerprint density at radius 1 is 0.737 bits per heavy atom. The molecule has 19 heavy (non-hydrogen) atoms. The maximum absolute atomic E-state index is 8.90. The van der Waals surface area contributed by atoms with Crippen LogP contribution in [0.2, 0.25) is 0 Å². The first-order chi connectivity index (χ1) is 9.36. The Morgan fingerprint density at radius 2 is 1.26 bits per heavy atom. The molecule has 4 aromatic rings. The fourth-order valence-electron chi connectivity index (χ4n) is 2.88. The molecule has 0 saturated heterocycles. The first-order valence-electron chi connectivity index (χ1n) is 6.28. The zero-order valence-electron chi connectivity index (χ0n) is 10.3. The minimum Gasteiger partial charge on any atom is -0.539 e. The Kier molecular flexibility index (Phi) is 2.17. The van der Waals surface area contributed by atoms with Gasteiger partial charge in [0.2, 0.25) is 0 Å². The summed E-state index contributed by atoms with van der Waals surface area (Å²) >= 11 is 0. The van der Waals surface area contributed by atoms with Crippen LogP contribution in [0, 0.1) is 0 Å². The smallest absolute Gasteiger partial charge is 0.504 e. The van der Waals surface area contributed by atoms with Gasteiger partial charge in [0.05, 0.1) is 0 Å². The summed E-state index contributed by atoms with van der Waals surface area (Å²) in [5.41, 5.74) is 0. The Hall–Kier alpha value is -2.26. The summed E-state index contributed by atoms with van der Waals surface area (Å²) in [4.78, 5) is 0. The summed E-state index contributed by atoms with van der Waals surface area (Å²) in [5, 5.41) is 16.3. The van der Waals surface area contributed by atoms with Gasteiger partial charge in [0.25, 0.3) is 0 Å². The van der Waals surface area contributed by atoms with Crippen LogP contribution < -0.4 is 4.65 Å². The third-order valence-electron chi connectivity index (χ3n) is 3.67. The molecule has 0 aliphatic rings. The zero-order valence-corrected chi connectivity index (χ0v) is 10.3. The molecule has 3 heteroatoms. The molecule has 4 aromatic carbocycles. The molecule has 0 saturated carbocycles. The SMILES string of the molecule is OBOc1cc2ccc3cccc4ccc(c1)c2c34. The summed E-state index contributed by atoms with van der Waals surface area (Å²) in [6.07, 6.45) is 0. The van der Waals surface area contributed by atoms with Gasteiger partial charge in [-0.3, -0.25) is 0 Å². The van der Waals surface area contributed by atoms with Crippen molar-refractivity contribution in [3.05, 3.63) is 54.6 Å². The van der Waals surface area contributed by atoms with Crippen molar-refractivity contribution in [1.82, 2.24) is 0 Å². The van der Waals surface area contributed by atoms with Crippen molar-refractivity contribution in [3.63, 3.8) is 0 Å². The van der Waals surface area contributed by atoms with Crippen LogP contribution in [0.25, 0.3) is 32.3 Å². The van der Waals surface area contributed by atoms with E-state index in [4.69, 9.17) is 9.68 Å². The highest BCUT2D eigenvalue weighted by molar-refractivity contribution is 6.23. The van der Waals surface area contributed by atoms with Gasteiger partial charge in [0.15, 0.2) is 0 Å². The lowest BCUT2D eigenvalue weighted by Crippen LogP contribution is -1.99. The highest BCUT2D eigenvalue weighted by Crippen LogP contribution is 2.36. The van der Waals surface area contributed by atoms with E-state index in [9.17, 15) is 0 Å². The Labute approximate surface area is 110 Å². The van der Waals surface area contributed by atoms with E-state index in [0.717, 1.165) is 10.8 Å². The van der Waals surface area contributed by atoms with Gasteiger partial charge in [-0.1, -0.05) is 42.5 Å². The van der Waals surface area contributed by atoms with Crippen molar-refractivity contribution >= 4 is 40.0 Å². The summed E-state index contributed by atoms with van der Waals surface area (Å²) < 4.78 is 5.21. The van der Waals surface area contributed by atoms with Crippen LogP contribution >= 0.6 is 0 Å². The highest BCUT2D eigenvalue weighted by atomic mass is 16.5. The average Bonchev–Trinajstić information content (AvgIpc) is 2.45. The lowest BCUT2D eigenvalue weighted by molar-refractivity contribution is 0.454. The number of hydrogen-bond acceptors (Lipinski definition) is 2. The van der Waals surface area contributed by atoms with E-state index in [0.29, 0.717) is 5.75 Å². The molecule has 0 aliphatic heterocycles. The van der Waals surface area contributed by atoms with Crippen LogP contribution in [-0.4, -0.2) is 12.7 Å². The van der Waals surface area contributed by atoms with Crippen LogP contribution in [0.15, 0.2) is 54.6 Å². The first kappa shape index (κ1) is 10.6. The van der Waals surface area contributed by atoms with Gasteiger partial charge >= 0.3 is 7.69 Å². The van der Waals surface area contributed by atoms with E-state index in [1.54, 1.807) is 0 Å². The van der Waals surface area contributed by atoms with E-state index in [1.165, 1.54) is 21.5 Å². The fraction of sp³-hybridized carbons (Fsp3) is 0. The maximum atomic E-state index is 8.90. The average molecular weight is 246 g/mol. The predicted molar refractivity (Wildman–Crippen MR) is 80.1 cm³/mol. The molecule has 2 nitrogen and oxygen atoms in total. The molecule has 0 bridgehead atoms. The largest absolute Gasteiger partial charge is 0.539 e. The molecule has 1 N–H and O–H groups in total. The van der Waals surface area contributed by atoms with Crippen molar-refractivity contribution in [2.75, 3.05) is 0 Å². The van der Waals surface area contributed by atoms with Crippen LogP contribution in [0.5, 0.6) is 5.75 Å². The predicted octanol–water partition coefficient (Wildman–Crippen LogP) is 3.22. The molecule has 90 valence electrons. The van der Waals surface area contributed by atoms with Gasteiger partial charge in [0, 0.05) is 0 Å². The van der Waals surface area contributed by atoms with Gasteiger partial charge < -0.3 is 9.68 Å². The second-order valence-electron chi connectivity index (χ2n) is 4.73. The number of benzene rings is 4. The Bertz CT molecular complexity index is 822. The Balaban J connectivity index is 2.22. The van der Waals surface area contributed by atoms with Crippen LogP contribution in [0.1, 0.15) is 0 Å². The second kappa shape index (κ2) is 3.87. The van der Waals surface area contributed by atoms with Gasteiger partial charge in [-0.05, 0) is 44.5 Å². The molecule has 0 aromatic heterocycles. The van der Waals surface area contributed by atoms with E-state index in [-0.39, 0.29) is 7.69 Å². The molecule has 4 rings (SSSR count). The maximum Gasteiger partial charge on any atom is 0.504 e. The lowest BCUT2D eigenvalue weighted by Gasteiger charge is -2.12. The molecular weight excluding hydrogens is 235 g/mol. The zero-order chi connectivity index (χ0) is 12.8. The number of hydrogen-bond donors (Lipinski definition) is 1. The minimum atomic E-state index is -0.298. The molecule has 0 amide bonds. The molecular formula is C16H11BO2. The van der Waals surface area contributed by atoms with E-state index in [1.807, 2.05) is 12.1 Å². The van der Waals surface area contributed by atoms with Gasteiger partial charge in [-0.2, -0.15) is 0 Å². The van der Waals surface area contributed by atoms with Gasteiger partial charge in [-0.25, -0.2) is 0 Å². The topological polar surface area (TPSA) is 29.5 Å². The third-order valence-corrected chi connectivity index (χ3v) is 3.67. The lowest BCUT2D eigenvalue weighted by atomic mass is 9.94. The van der Waals surface area contributed by atoms with Crippen LogP contribution in [0.3, 0.4) is 0 Å². The normalized spacial score (nSPS) is 11.4. The molecule has 0 spiro atoms. The summed E-state index contributed by atoms with van der Waals surface area (Å²) in [5.74, 6) is 0.702. The van der Waals surface area contributed by atoms with Crippen molar-refractivity contribution in [2.45, 2.75) is 0 Å². The quantitative estimate of drug-likeness (QED) is 0.434. The van der Waals surface area contributed by atoms with Gasteiger partial charge in [-0.15, -0.1) is 0 Å². The van der Waals surface area contributed by atoms with E-state index < -0.39 is 0 Å². The van der Waals surface area contributed by atoms with Crippen LogP contribution in [-0.2, 0) is 0 Å². The number of rotatable bonds is 2. The molecule has 0 radical (unpaired) electrons. The molecule has 0 fully saturated rings. The van der Waals surface area contributed by atoms with Crippen molar-refractivity contribution in [2.24, 2.45) is 0 Å². The van der Waals surface area contributed by atoms with Crippen molar-refractivity contribution in [1.29, 1.82) is 0 Å². The molecule has 0 unspecified atom stereocenters. The Morgan fingerprint density at radius 3 is 1.84 bits per heavy atom. The highest BCUT2D eigenvalue weighted by Gasteiger charge is 2.09. The third kappa shape index (κ3) is 1.49. The van der Waals surface area contributed by atoms with E-state index >= 15 is 0 Å². The summed E-state index contributed by atoms with van der Waals surface area (Å²) in [7, 11) is -0.298. The first-order valence-corrected chi connectivity index (χ1v) is 6.28. The summed E-state index contributed by atoms with van der Waals surface area (Å²) in [6, 6.07) is 18.8. The van der Waals surface area contributed by atoms with Gasteiger partial charge in [0.1, 0.15) is 5.75 Å². The second-order valence-corrected chi connectivity index (χ2v) is 4.73.